The van der Waals surface area contributed by atoms with Crippen molar-refractivity contribution in [3.63, 3.8) is 0 Å². The number of carboxylic acids is 3. The predicted molar refractivity (Wildman–Crippen MR) is 175 cm³/mol. The van der Waals surface area contributed by atoms with Gasteiger partial charge < -0.3 is 60.1 Å². The van der Waals surface area contributed by atoms with E-state index in [4.69, 9.17) is 33.9 Å². The molecule has 0 aliphatic carbocycles. The summed E-state index contributed by atoms with van der Waals surface area (Å²) >= 11 is 0. The quantitative estimate of drug-likeness (QED) is 0.129. The third-order valence-corrected chi connectivity index (χ3v) is 5.28. The van der Waals surface area contributed by atoms with Crippen LogP contribution in [-0.4, -0.2) is 111 Å². The molecule has 0 saturated heterocycles. The van der Waals surface area contributed by atoms with E-state index >= 15 is 0 Å². The number of carboxylic acid groups (broad SMARTS) is 3. The Kier molecular flexibility index (Phi) is 18.8. The molecular weight excluding hydrogens is 666 g/mol. The van der Waals surface area contributed by atoms with E-state index in [1.165, 1.54) is 0 Å². The highest BCUT2D eigenvalue weighted by molar-refractivity contribution is 5.81. The normalized spacial score (nSPS) is 13.2. The maximum absolute atomic E-state index is 11.8. The van der Waals surface area contributed by atoms with Crippen LogP contribution in [0, 0.1) is 0 Å². The van der Waals surface area contributed by atoms with Gasteiger partial charge in [-0.25, -0.2) is 28.8 Å². The number of aliphatic hydroxyl groups excluding tert-OH is 1. The summed E-state index contributed by atoms with van der Waals surface area (Å²) in [6.45, 7) is 14.0. The summed E-state index contributed by atoms with van der Waals surface area (Å²) < 4.78 is 25.8. The van der Waals surface area contributed by atoms with Crippen LogP contribution in [-0.2, 0) is 51.3 Å². The standard InChI is InChI=1S/C24H36N2O10.C8H15NO5/c1-23(2,3)35-21(31)25-17(19(27)28)13-33-11-15-7-9-16(10-8-15)12-34-14-18(20(29)30)26-22(32)36-24(4,5)6;1-8(2,3)14-7(13)9-5(4-10)6(11)12/h7-10,17-18H,11-14H2,1-6H3,(H,25,31)(H,26,32)(H,27,28)(H,29,30);5,10H,4H2,1-3H3,(H,9,13)(H,11,12)/t17-,18-;5-/m00/s1. The molecule has 7 N–H and O–H groups in total. The Morgan fingerprint density at radius 1 is 0.540 bits per heavy atom. The number of carbonyl (C=O) groups is 6. The Labute approximate surface area is 290 Å². The van der Waals surface area contributed by atoms with Gasteiger partial charge in [0.2, 0.25) is 0 Å². The molecule has 0 bridgehead atoms. The number of rotatable bonds is 15. The number of alkyl carbamates (subject to hydrolysis) is 3. The van der Waals surface area contributed by atoms with Crippen LogP contribution in [0.25, 0.3) is 0 Å². The Balaban J connectivity index is 0.00000144. The van der Waals surface area contributed by atoms with Gasteiger partial charge in [0.1, 0.15) is 16.8 Å². The summed E-state index contributed by atoms with van der Waals surface area (Å²) in [5.41, 5.74) is -0.723. The SMILES string of the molecule is CC(C)(C)OC(=O)N[C@@H](CO)C(=O)O.CC(C)(C)OC(=O)N[C@@H](COCc1ccc(COC[C@H](NC(=O)OC(C)(C)C)C(=O)O)cc1)C(=O)O. The van der Waals surface area contributed by atoms with E-state index in [0.717, 1.165) is 11.1 Å². The van der Waals surface area contributed by atoms with E-state index in [2.05, 4.69) is 10.6 Å². The molecule has 284 valence electrons. The zero-order valence-corrected chi connectivity index (χ0v) is 29.9. The number of ether oxygens (including phenoxy) is 5. The molecule has 18 nitrogen and oxygen atoms in total. The second-order valence-electron chi connectivity index (χ2n) is 13.6. The number of hydrogen-bond acceptors (Lipinski definition) is 12. The smallest absolute Gasteiger partial charge is 0.408 e. The molecule has 0 aromatic heterocycles. The number of aliphatic carboxylic acids is 3. The Morgan fingerprint density at radius 3 is 1.02 bits per heavy atom. The molecule has 0 heterocycles. The first-order valence-corrected chi connectivity index (χ1v) is 15.3. The first-order valence-electron chi connectivity index (χ1n) is 15.3. The number of amides is 3. The maximum atomic E-state index is 11.8. The van der Waals surface area contributed by atoms with Gasteiger partial charge >= 0.3 is 36.2 Å². The van der Waals surface area contributed by atoms with Gasteiger partial charge in [0, 0.05) is 0 Å². The van der Waals surface area contributed by atoms with Crippen molar-refractivity contribution in [2.24, 2.45) is 0 Å². The first-order chi connectivity index (χ1) is 22.8. The average Bonchev–Trinajstić information content (AvgIpc) is 2.92. The molecule has 3 atom stereocenters. The van der Waals surface area contributed by atoms with E-state index in [0.29, 0.717) is 0 Å². The summed E-state index contributed by atoms with van der Waals surface area (Å²) in [6, 6.07) is 3.08. The minimum atomic E-state index is -1.33. The van der Waals surface area contributed by atoms with E-state index in [1.54, 1.807) is 86.6 Å². The van der Waals surface area contributed by atoms with Crippen molar-refractivity contribution < 1.29 is 72.9 Å². The highest BCUT2D eigenvalue weighted by atomic mass is 16.6. The van der Waals surface area contributed by atoms with Crippen LogP contribution in [0.5, 0.6) is 0 Å². The van der Waals surface area contributed by atoms with Crippen molar-refractivity contribution in [3.05, 3.63) is 35.4 Å². The van der Waals surface area contributed by atoms with E-state index in [9.17, 15) is 39.0 Å². The van der Waals surface area contributed by atoms with Gasteiger partial charge in [-0.1, -0.05) is 24.3 Å². The predicted octanol–water partition coefficient (Wildman–Crippen LogP) is 2.63. The Morgan fingerprint density at radius 2 is 0.800 bits per heavy atom. The van der Waals surface area contributed by atoms with E-state index in [-0.39, 0.29) is 26.4 Å². The van der Waals surface area contributed by atoms with Crippen molar-refractivity contribution in [3.8, 4) is 0 Å². The minimum Gasteiger partial charge on any atom is -0.480 e. The molecule has 3 amide bonds. The lowest BCUT2D eigenvalue weighted by Gasteiger charge is -2.22. The minimum absolute atomic E-state index is 0.0990. The zero-order valence-electron chi connectivity index (χ0n) is 29.9. The van der Waals surface area contributed by atoms with Crippen molar-refractivity contribution in [1.29, 1.82) is 0 Å². The van der Waals surface area contributed by atoms with Gasteiger partial charge in [0.05, 0.1) is 33.0 Å². The van der Waals surface area contributed by atoms with Crippen LogP contribution in [0.3, 0.4) is 0 Å². The summed E-state index contributed by atoms with van der Waals surface area (Å²) in [5, 5.41) is 42.2. The summed E-state index contributed by atoms with van der Waals surface area (Å²) in [4.78, 5) is 67.7. The lowest BCUT2D eigenvalue weighted by atomic mass is 10.1. The largest absolute Gasteiger partial charge is 0.480 e. The van der Waals surface area contributed by atoms with Gasteiger partial charge in [-0.05, 0) is 73.4 Å². The number of hydrogen-bond donors (Lipinski definition) is 7. The number of nitrogens with one attached hydrogen (secondary N) is 3. The van der Waals surface area contributed by atoms with Gasteiger partial charge in [-0.2, -0.15) is 0 Å². The zero-order chi connectivity index (χ0) is 38.9. The average molecular weight is 718 g/mol. The summed E-state index contributed by atoms with van der Waals surface area (Å²) in [5.74, 6) is -3.82. The van der Waals surface area contributed by atoms with Crippen molar-refractivity contribution in [1.82, 2.24) is 16.0 Å². The topological polar surface area (TPSA) is 266 Å². The molecule has 1 aromatic rings. The van der Waals surface area contributed by atoms with Crippen molar-refractivity contribution in [2.75, 3.05) is 19.8 Å². The lowest BCUT2D eigenvalue weighted by Crippen LogP contribution is -2.46. The summed E-state index contributed by atoms with van der Waals surface area (Å²) in [6.07, 6.45) is -2.57. The lowest BCUT2D eigenvalue weighted by molar-refractivity contribution is -0.142. The van der Waals surface area contributed by atoms with Crippen LogP contribution in [0.4, 0.5) is 14.4 Å². The Hall–Kier alpha value is -4.68. The molecular formula is C32H51N3O15. The number of carbonyl (C=O) groups excluding carboxylic acids is 3. The summed E-state index contributed by atoms with van der Waals surface area (Å²) in [7, 11) is 0. The molecule has 0 aliphatic rings. The number of aliphatic hydroxyl groups is 1. The van der Waals surface area contributed by atoms with Crippen LogP contribution < -0.4 is 16.0 Å². The van der Waals surface area contributed by atoms with Crippen LogP contribution >= 0.6 is 0 Å². The van der Waals surface area contributed by atoms with E-state index < -0.39 is 77.7 Å². The third-order valence-electron chi connectivity index (χ3n) is 5.28. The fraction of sp³-hybridized carbons (Fsp3) is 0.625. The van der Waals surface area contributed by atoms with E-state index in [1.807, 2.05) is 5.32 Å². The van der Waals surface area contributed by atoms with Crippen LogP contribution in [0.1, 0.15) is 73.4 Å². The molecule has 50 heavy (non-hydrogen) atoms. The van der Waals surface area contributed by atoms with Gasteiger partial charge in [0.15, 0.2) is 18.1 Å². The molecule has 0 radical (unpaired) electrons. The Bertz CT molecular complexity index is 1190. The molecule has 0 spiro atoms. The second kappa shape index (κ2) is 20.7. The van der Waals surface area contributed by atoms with Crippen LogP contribution in [0.2, 0.25) is 0 Å². The molecule has 1 aromatic carbocycles. The molecule has 18 heteroatoms. The van der Waals surface area contributed by atoms with Gasteiger partial charge in [-0.3, -0.25) is 0 Å². The van der Waals surface area contributed by atoms with Crippen molar-refractivity contribution >= 4 is 36.2 Å². The third kappa shape index (κ3) is 22.8. The maximum Gasteiger partial charge on any atom is 0.408 e. The van der Waals surface area contributed by atoms with Crippen LogP contribution in [0.15, 0.2) is 24.3 Å². The monoisotopic (exact) mass is 717 g/mol. The highest BCUT2D eigenvalue weighted by Gasteiger charge is 2.26. The number of benzene rings is 1. The fourth-order valence-electron chi connectivity index (χ4n) is 3.21. The molecule has 0 saturated carbocycles. The molecule has 0 unspecified atom stereocenters. The first kappa shape index (κ1) is 45.3. The fourth-order valence-corrected chi connectivity index (χ4v) is 3.21. The highest BCUT2D eigenvalue weighted by Crippen LogP contribution is 2.11. The second-order valence-corrected chi connectivity index (χ2v) is 13.6. The molecule has 0 fully saturated rings. The van der Waals surface area contributed by atoms with Gasteiger partial charge in [0.25, 0.3) is 0 Å². The van der Waals surface area contributed by atoms with Gasteiger partial charge in [-0.15, -0.1) is 0 Å². The molecule has 1 rings (SSSR count). The molecule has 0 aliphatic heterocycles. The van der Waals surface area contributed by atoms with Crippen molar-refractivity contribution in [2.45, 2.75) is 110 Å².